The Kier molecular flexibility index (Phi) is 4.97. The molecule has 0 aromatic heterocycles. The molecule has 0 spiro atoms. The Labute approximate surface area is 118 Å². The molecule has 1 aromatic carbocycles. The van der Waals surface area contributed by atoms with Gasteiger partial charge in [-0.2, -0.15) is 5.26 Å². The van der Waals surface area contributed by atoms with Gasteiger partial charge in [-0.15, -0.1) is 0 Å². The molecule has 1 aromatic rings. The summed E-state index contributed by atoms with van der Waals surface area (Å²) in [5, 5.41) is 20.8. The molecule has 1 aliphatic carbocycles. The molecule has 20 heavy (non-hydrogen) atoms. The summed E-state index contributed by atoms with van der Waals surface area (Å²) in [5.74, 6) is 0.395. The Morgan fingerprint density at radius 2 is 2.40 bits per heavy atom. The lowest BCUT2D eigenvalue weighted by molar-refractivity contribution is -0.123. The van der Waals surface area contributed by atoms with Crippen molar-refractivity contribution in [2.45, 2.75) is 31.8 Å². The number of nitrogens with one attached hydrogen (secondary N) is 1. The molecule has 0 aliphatic heterocycles. The predicted molar refractivity (Wildman–Crippen MR) is 73.1 cm³/mol. The minimum Gasteiger partial charge on any atom is -0.484 e. The van der Waals surface area contributed by atoms with Crippen molar-refractivity contribution in [1.29, 1.82) is 5.26 Å². The van der Waals surface area contributed by atoms with E-state index in [1.54, 1.807) is 6.07 Å². The number of aliphatic hydroxyl groups excluding tert-OH is 1. The molecule has 0 heterocycles. The maximum Gasteiger partial charge on any atom is 0.257 e. The van der Waals surface area contributed by atoms with Gasteiger partial charge in [0.2, 0.25) is 0 Å². The lowest BCUT2D eigenvalue weighted by atomic mass is 9.89. The minimum absolute atomic E-state index is 0.0627. The highest BCUT2D eigenvalue weighted by molar-refractivity contribution is 5.77. The van der Waals surface area contributed by atoms with Gasteiger partial charge in [0.05, 0.1) is 18.6 Å². The van der Waals surface area contributed by atoms with Crippen LogP contribution in [0.5, 0.6) is 5.75 Å². The van der Waals surface area contributed by atoms with Crippen LogP contribution in [-0.4, -0.2) is 24.2 Å². The van der Waals surface area contributed by atoms with Gasteiger partial charge in [0.15, 0.2) is 6.61 Å². The molecule has 5 nitrogen and oxygen atoms in total. The number of fused-ring (bicyclic) bond motifs is 1. The number of amides is 1. The van der Waals surface area contributed by atoms with Crippen molar-refractivity contribution in [1.82, 2.24) is 5.32 Å². The highest BCUT2D eigenvalue weighted by Gasteiger charge is 2.18. The van der Waals surface area contributed by atoms with E-state index in [9.17, 15) is 9.90 Å². The van der Waals surface area contributed by atoms with Crippen molar-refractivity contribution in [2.75, 3.05) is 13.2 Å². The van der Waals surface area contributed by atoms with E-state index < -0.39 is 0 Å². The highest BCUT2D eigenvalue weighted by atomic mass is 16.5. The molecule has 1 unspecified atom stereocenters. The average molecular weight is 274 g/mol. The zero-order valence-corrected chi connectivity index (χ0v) is 11.3. The molecule has 0 saturated heterocycles. The molecule has 106 valence electrons. The first-order chi connectivity index (χ1) is 9.70. The number of ether oxygens (including phenoxy) is 1. The van der Waals surface area contributed by atoms with Crippen molar-refractivity contribution in [3.05, 3.63) is 29.3 Å². The van der Waals surface area contributed by atoms with Crippen LogP contribution < -0.4 is 10.1 Å². The van der Waals surface area contributed by atoms with Crippen LogP contribution >= 0.6 is 0 Å². The van der Waals surface area contributed by atoms with E-state index in [2.05, 4.69) is 5.32 Å². The van der Waals surface area contributed by atoms with Gasteiger partial charge in [0, 0.05) is 6.54 Å². The molecule has 0 saturated carbocycles. The normalized spacial score (nSPS) is 16.9. The number of carbonyl (C=O) groups is 1. The molecular formula is C15H18N2O3. The molecule has 0 fully saturated rings. The molecule has 1 atom stereocenters. The van der Waals surface area contributed by atoms with Gasteiger partial charge in [-0.1, -0.05) is 6.07 Å². The van der Waals surface area contributed by atoms with Crippen molar-refractivity contribution in [2.24, 2.45) is 0 Å². The van der Waals surface area contributed by atoms with Crippen LogP contribution in [0.2, 0.25) is 0 Å². The van der Waals surface area contributed by atoms with Crippen molar-refractivity contribution in [3.63, 3.8) is 0 Å². The van der Waals surface area contributed by atoms with Gasteiger partial charge in [-0.25, -0.2) is 0 Å². The first-order valence-electron chi connectivity index (χ1n) is 6.78. The lowest BCUT2D eigenvalue weighted by Crippen LogP contribution is -2.29. The fourth-order valence-corrected chi connectivity index (χ4v) is 2.31. The number of aryl methyl sites for hydroxylation is 1. The van der Waals surface area contributed by atoms with Gasteiger partial charge in [0.25, 0.3) is 5.91 Å². The summed E-state index contributed by atoms with van der Waals surface area (Å²) in [7, 11) is 0. The van der Waals surface area contributed by atoms with E-state index in [4.69, 9.17) is 10.00 Å². The van der Waals surface area contributed by atoms with Crippen molar-refractivity contribution < 1.29 is 14.6 Å². The molecule has 0 bridgehead atoms. The topological polar surface area (TPSA) is 82.4 Å². The van der Waals surface area contributed by atoms with Crippen LogP contribution in [0.15, 0.2) is 18.2 Å². The number of benzene rings is 1. The molecule has 2 N–H and O–H groups in total. The van der Waals surface area contributed by atoms with E-state index in [0.29, 0.717) is 18.7 Å². The van der Waals surface area contributed by atoms with Gasteiger partial charge < -0.3 is 15.2 Å². The molecule has 2 rings (SSSR count). The second kappa shape index (κ2) is 6.92. The number of hydrogen-bond donors (Lipinski definition) is 2. The molecule has 1 aliphatic rings. The van der Waals surface area contributed by atoms with Crippen LogP contribution in [0.1, 0.15) is 36.5 Å². The van der Waals surface area contributed by atoms with E-state index in [1.165, 1.54) is 0 Å². The second-order valence-electron chi connectivity index (χ2n) is 4.82. The Bertz CT molecular complexity index is 522. The fourth-order valence-electron chi connectivity index (χ4n) is 2.31. The van der Waals surface area contributed by atoms with Crippen molar-refractivity contribution in [3.8, 4) is 11.8 Å². The van der Waals surface area contributed by atoms with Crippen LogP contribution in [0.25, 0.3) is 0 Å². The quantitative estimate of drug-likeness (QED) is 0.796. The molecule has 0 radical (unpaired) electrons. The third kappa shape index (κ3) is 3.72. The third-order valence-corrected chi connectivity index (χ3v) is 3.33. The fraction of sp³-hybridized carbons (Fsp3) is 0.467. The summed E-state index contributed by atoms with van der Waals surface area (Å²) in [6.07, 6.45) is 2.60. The van der Waals surface area contributed by atoms with E-state index in [-0.39, 0.29) is 18.6 Å². The maximum atomic E-state index is 11.4. The third-order valence-electron chi connectivity index (χ3n) is 3.33. The first kappa shape index (κ1) is 14.4. The standard InChI is InChI=1S/C15H18N2O3/c16-7-2-8-17-15(19)10-20-12-5-6-13-11(9-12)3-1-4-14(13)18/h5-6,9,14,18H,1-4,8,10H2,(H,17,19). The number of carbonyl (C=O) groups excluding carboxylic acids is 1. The second-order valence-corrected chi connectivity index (χ2v) is 4.82. The van der Waals surface area contributed by atoms with Gasteiger partial charge >= 0.3 is 0 Å². The zero-order valence-electron chi connectivity index (χ0n) is 11.3. The SMILES string of the molecule is N#CCCNC(=O)COc1ccc2c(c1)CCCC2O. The Hall–Kier alpha value is -2.06. The summed E-state index contributed by atoms with van der Waals surface area (Å²) < 4.78 is 5.42. The van der Waals surface area contributed by atoms with Crippen LogP contribution in [0.3, 0.4) is 0 Å². The predicted octanol–water partition coefficient (Wildman–Crippen LogP) is 1.46. The highest BCUT2D eigenvalue weighted by Crippen LogP contribution is 2.31. The summed E-state index contributed by atoms with van der Waals surface area (Å²) in [6.45, 7) is 0.280. The Balaban J connectivity index is 1.88. The number of hydrogen-bond acceptors (Lipinski definition) is 4. The summed E-state index contributed by atoms with van der Waals surface area (Å²) in [4.78, 5) is 11.4. The monoisotopic (exact) mass is 274 g/mol. The Morgan fingerprint density at radius 1 is 1.55 bits per heavy atom. The first-order valence-corrected chi connectivity index (χ1v) is 6.78. The smallest absolute Gasteiger partial charge is 0.257 e. The van der Waals surface area contributed by atoms with Gasteiger partial charge in [0.1, 0.15) is 5.75 Å². The molecule has 5 heteroatoms. The zero-order chi connectivity index (χ0) is 14.4. The minimum atomic E-state index is -0.387. The largest absolute Gasteiger partial charge is 0.484 e. The average Bonchev–Trinajstić information content (AvgIpc) is 2.45. The molecule has 1 amide bonds. The Morgan fingerprint density at radius 3 is 3.20 bits per heavy atom. The van der Waals surface area contributed by atoms with E-state index in [1.807, 2.05) is 18.2 Å². The van der Waals surface area contributed by atoms with Crippen LogP contribution in [0, 0.1) is 11.3 Å². The van der Waals surface area contributed by atoms with Crippen LogP contribution in [0.4, 0.5) is 0 Å². The number of nitrogens with zero attached hydrogens (tertiary/aromatic N) is 1. The maximum absolute atomic E-state index is 11.4. The summed E-state index contributed by atoms with van der Waals surface area (Å²) in [6, 6.07) is 7.48. The van der Waals surface area contributed by atoms with Gasteiger partial charge in [-0.3, -0.25) is 4.79 Å². The lowest BCUT2D eigenvalue weighted by Gasteiger charge is -2.21. The number of rotatable bonds is 5. The summed E-state index contributed by atoms with van der Waals surface area (Å²) in [5.41, 5.74) is 2.05. The van der Waals surface area contributed by atoms with Crippen molar-refractivity contribution >= 4 is 5.91 Å². The van der Waals surface area contributed by atoms with E-state index >= 15 is 0 Å². The van der Waals surface area contributed by atoms with E-state index in [0.717, 1.165) is 30.4 Å². The number of aliphatic hydroxyl groups is 1. The molecular weight excluding hydrogens is 256 g/mol. The summed E-state index contributed by atoms with van der Waals surface area (Å²) >= 11 is 0. The number of nitriles is 1. The van der Waals surface area contributed by atoms with Crippen LogP contribution in [-0.2, 0) is 11.2 Å². The van der Waals surface area contributed by atoms with Gasteiger partial charge in [-0.05, 0) is 42.5 Å².